The van der Waals surface area contributed by atoms with Crippen LogP contribution in [0.5, 0.6) is 11.5 Å². The summed E-state index contributed by atoms with van der Waals surface area (Å²) in [6.45, 7) is 0.798. The molecule has 2 fully saturated rings. The lowest BCUT2D eigenvalue weighted by Crippen LogP contribution is -2.48. The third-order valence-electron chi connectivity index (χ3n) is 4.39. The minimum Gasteiger partial charge on any atom is -0.493 e. The van der Waals surface area contributed by atoms with Gasteiger partial charge in [-0.3, -0.25) is 0 Å². The fourth-order valence-corrected chi connectivity index (χ4v) is 3.24. The summed E-state index contributed by atoms with van der Waals surface area (Å²) in [5, 5.41) is 0. The Hall–Kier alpha value is -0.930. The second kappa shape index (κ2) is 5.82. The molecule has 0 N–H and O–H groups in total. The van der Waals surface area contributed by atoms with Crippen LogP contribution in [0.15, 0.2) is 18.2 Å². The van der Waals surface area contributed by atoms with Crippen LogP contribution in [0.3, 0.4) is 0 Å². The highest BCUT2D eigenvalue weighted by molar-refractivity contribution is 6.17. The van der Waals surface area contributed by atoms with Crippen molar-refractivity contribution in [3.8, 4) is 11.5 Å². The number of methoxy groups -OCH3 is 1. The molecule has 1 atom stereocenters. The van der Waals surface area contributed by atoms with Crippen LogP contribution in [0.4, 0.5) is 0 Å². The van der Waals surface area contributed by atoms with E-state index < -0.39 is 0 Å². The van der Waals surface area contributed by atoms with Crippen molar-refractivity contribution < 1.29 is 14.2 Å². The molecule has 0 radical (unpaired) electrons. The molecular weight excluding hydrogens is 276 g/mol. The summed E-state index contributed by atoms with van der Waals surface area (Å²) in [5.74, 6) is 2.05. The Morgan fingerprint density at radius 2 is 2.20 bits per heavy atom. The fourth-order valence-electron chi connectivity index (χ4n) is 3.07. The van der Waals surface area contributed by atoms with Gasteiger partial charge >= 0.3 is 0 Å². The van der Waals surface area contributed by atoms with E-state index in [9.17, 15) is 0 Å². The lowest BCUT2D eigenvalue weighted by atomic mass is 9.74. The number of alkyl halides is 1. The summed E-state index contributed by atoms with van der Waals surface area (Å²) < 4.78 is 17.5. The summed E-state index contributed by atoms with van der Waals surface area (Å²) >= 11 is 5.85. The molecule has 0 amide bonds. The van der Waals surface area contributed by atoms with Crippen LogP contribution >= 0.6 is 11.6 Å². The molecule has 20 heavy (non-hydrogen) atoms. The molecule has 1 aromatic rings. The Morgan fingerprint density at radius 1 is 1.35 bits per heavy atom. The third kappa shape index (κ3) is 2.75. The lowest BCUT2D eigenvalue weighted by Gasteiger charge is -2.46. The predicted octanol–water partition coefficient (Wildman–Crippen LogP) is 3.91. The minimum atomic E-state index is 0.103. The Morgan fingerprint density at radius 3 is 2.85 bits per heavy atom. The Kier molecular flexibility index (Phi) is 4.08. The van der Waals surface area contributed by atoms with Crippen molar-refractivity contribution >= 4 is 11.6 Å². The van der Waals surface area contributed by atoms with E-state index in [1.54, 1.807) is 7.11 Å². The maximum Gasteiger partial charge on any atom is 0.161 e. The SMILES string of the molecule is COc1cc(CCl)ccc1OC1CCOC2(CCC2)C1. The van der Waals surface area contributed by atoms with Crippen LogP contribution in [0, 0.1) is 0 Å². The maximum atomic E-state index is 6.16. The molecule has 1 aliphatic heterocycles. The minimum absolute atomic E-state index is 0.103. The first-order valence-electron chi connectivity index (χ1n) is 7.28. The van der Waals surface area contributed by atoms with E-state index in [4.69, 9.17) is 25.8 Å². The van der Waals surface area contributed by atoms with Gasteiger partial charge in [0.1, 0.15) is 6.10 Å². The van der Waals surface area contributed by atoms with Crippen molar-refractivity contribution in [1.82, 2.24) is 0 Å². The zero-order valence-corrected chi connectivity index (χ0v) is 12.6. The predicted molar refractivity (Wildman–Crippen MR) is 78.7 cm³/mol. The van der Waals surface area contributed by atoms with Gasteiger partial charge < -0.3 is 14.2 Å². The monoisotopic (exact) mass is 296 g/mol. The molecular formula is C16H21ClO3. The van der Waals surface area contributed by atoms with E-state index in [1.165, 1.54) is 19.3 Å². The molecule has 1 saturated carbocycles. The normalized spacial score (nSPS) is 24.2. The Bertz CT molecular complexity index is 471. The van der Waals surface area contributed by atoms with Gasteiger partial charge in [-0.2, -0.15) is 0 Å². The topological polar surface area (TPSA) is 27.7 Å². The smallest absolute Gasteiger partial charge is 0.161 e. The number of hydrogen-bond donors (Lipinski definition) is 0. The zero-order chi connectivity index (χ0) is 14.0. The van der Waals surface area contributed by atoms with E-state index in [0.29, 0.717) is 5.88 Å². The van der Waals surface area contributed by atoms with Crippen molar-refractivity contribution in [2.75, 3.05) is 13.7 Å². The van der Waals surface area contributed by atoms with Crippen LogP contribution in [0.25, 0.3) is 0 Å². The van der Waals surface area contributed by atoms with E-state index in [-0.39, 0.29) is 11.7 Å². The Balaban J connectivity index is 1.70. The molecule has 1 heterocycles. The first-order valence-corrected chi connectivity index (χ1v) is 7.82. The quantitative estimate of drug-likeness (QED) is 0.788. The molecule has 1 aromatic carbocycles. The fraction of sp³-hybridized carbons (Fsp3) is 0.625. The molecule has 1 spiro atoms. The molecule has 110 valence electrons. The van der Waals surface area contributed by atoms with Gasteiger partial charge in [0.25, 0.3) is 0 Å². The van der Waals surface area contributed by atoms with Crippen molar-refractivity contribution in [3.63, 3.8) is 0 Å². The van der Waals surface area contributed by atoms with Crippen molar-refractivity contribution in [2.45, 2.75) is 49.7 Å². The average molecular weight is 297 g/mol. The third-order valence-corrected chi connectivity index (χ3v) is 4.70. The highest BCUT2D eigenvalue weighted by atomic mass is 35.5. The molecule has 0 aromatic heterocycles. The van der Waals surface area contributed by atoms with Crippen molar-refractivity contribution in [2.24, 2.45) is 0 Å². The Labute approximate surface area is 125 Å². The largest absolute Gasteiger partial charge is 0.493 e. The van der Waals surface area contributed by atoms with Crippen LogP contribution in [0.2, 0.25) is 0 Å². The highest BCUT2D eigenvalue weighted by Gasteiger charge is 2.43. The van der Waals surface area contributed by atoms with E-state index >= 15 is 0 Å². The molecule has 1 unspecified atom stereocenters. The van der Waals surface area contributed by atoms with Gasteiger partial charge in [0.05, 0.1) is 19.3 Å². The van der Waals surface area contributed by atoms with Crippen LogP contribution in [-0.4, -0.2) is 25.4 Å². The standard InChI is InChI=1S/C16H21ClO3/c1-18-15-9-12(11-17)3-4-14(15)20-13-5-8-19-16(10-13)6-2-7-16/h3-4,9,13H,2,5-8,10-11H2,1H3. The van der Waals surface area contributed by atoms with E-state index in [1.807, 2.05) is 18.2 Å². The second-order valence-electron chi connectivity index (χ2n) is 5.74. The summed E-state index contributed by atoms with van der Waals surface area (Å²) in [7, 11) is 1.66. The number of ether oxygens (including phenoxy) is 3. The average Bonchev–Trinajstić information content (AvgIpc) is 2.46. The van der Waals surface area contributed by atoms with Gasteiger partial charge in [0.2, 0.25) is 0 Å². The van der Waals surface area contributed by atoms with Gasteiger partial charge in [-0.15, -0.1) is 11.6 Å². The molecule has 0 bridgehead atoms. The first kappa shape index (κ1) is 14.0. The molecule has 4 heteroatoms. The molecule has 3 rings (SSSR count). The van der Waals surface area contributed by atoms with Gasteiger partial charge in [-0.1, -0.05) is 6.07 Å². The summed E-state index contributed by atoms with van der Waals surface area (Å²) in [5.41, 5.74) is 1.14. The molecule has 3 nitrogen and oxygen atoms in total. The van der Waals surface area contributed by atoms with E-state index in [0.717, 1.165) is 36.5 Å². The van der Waals surface area contributed by atoms with E-state index in [2.05, 4.69) is 0 Å². The van der Waals surface area contributed by atoms with Crippen LogP contribution in [0.1, 0.15) is 37.7 Å². The zero-order valence-electron chi connectivity index (χ0n) is 11.9. The first-order chi connectivity index (χ1) is 9.74. The number of benzene rings is 1. The van der Waals surface area contributed by atoms with Crippen LogP contribution in [-0.2, 0) is 10.6 Å². The van der Waals surface area contributed by atoms with Gasteiger partial charge in [0.15, 0.2) is 11.5 Å². The van der Waals surface area contributed by atoms with Crippen molar-refractivity contribution in [1.29, 1.82) is 0 Å². The molecule has 1 saturated heterocycles. The van der Waals surface area contributed by atoms with Gasteiger partial charge in [0, 0.05) is 18.7 Å². The molecule has 2 aliphatic rings. The number of halogens is 1. The second-order valence-corrected chi connectivity index (χ2v) is 6.00. The van der Waals surface area contributed by atoms with Gasteiger partial charge in [-0.05, 0) is 37.0 Å². The highest BCUT2D eigenvalue weighted by Crippen LogP contribution is 2.43. The van der Waals surface area contributed by atoms with Gasteiger partial charge in [-0.25, -0.2) is 0 Å². The lowest BCUT2D eigenvalue weighted by molar-refractivity contribution is -0.153. The maximum absolute atomic E-state index is 6.16. The van der Waals surface area contributed by atoms with Crippen LogP contribution < -0.4 is 9.47 Å². The summed E-state index contributed by atoms with van der Waals surface area (Å²) in [4.78, 5) is 0. The van der Waals surface area contributed by atoms with Crippen molar-refractivity contribution in [3.05, 3.63) is 23.8 Å². The summed E-state index contributed by atoms with van der Waals surface area (Å²) in [6, 6.07) is 5.89. The summed E-state index contributed by atoms with van der Waals surface area (Å²) in [6.07, 6.45) is 5.79. The molecule has 1 aliphatic carbocycles. The number of hydrogen-bond acceptors (Lipinski definition) is 3. The number of rotatable bonds is 4.